The van der Waals surface area contributed by atoms with E-state index in [2.05, 4.69) is 5.32 Å². The second-order valence-corrected chi connectivity index (χ2v) is 4.95. The summed E-state index contributed by atoms with van der Waals surface area (Å²) in [5.74, 6) is -1.16. The molecule has 0 fully saturated rings. The maximum atomic E-state index is 11.7. The van der Waals surface area contributed by atoms with Gasteiger partial charge in [-0.3, -0.25) is 4.79 Å². The summed E-state index contributed by atoms with van der Waals surface area (Å²) in [4.78, 5) is 22.7. The lowest BCUT2D eigenvalue weighted by molar-refractivity contribution is -0.141. The average Bonchev–Trinajstić information content (AvgIpc) is 2.36. The fourth-order valence-corrected chi connectivity index (χ4v) is 1.67. The van der Waals surface area contributed by atoms with Crippen molar-refractivity contribution in [2.75, 3.05) is 0 Å². The Labute approximate surface area is 117 Å². The molecule has 1 atom stereocenters. The summed E-state index contributed by atoms with van der Waals surface area (Å²) in [6, 6.07) is 5.45. The van der Waals surface area contributed by atoms with Crippen molar-refractivity contribution in [3.8, 4) is 5.75 Å². The van der Waals surface area contributed by atoms with Crippen molar-refractivity contribution < 1.29 is 19.8 Å². The first-order chi connectivity index (χ1) is 9.38. The number of carboxylic acids is 1. The van der Waals surface area contributed by atoms with Crippen LogP contribution in [-0.4, -0.2) is 28.1 Å². The second-order valence-electron chi connectivity index (χ2n) is 4.95. The fraction of sp³-hybridized carbons (Fsp3) is 0.333. The zero-order valence-corrected chi connectivity index (χ0v) is 11.5. The SMILES string of the molecule is CC(C)C[C@@H](NC(=O)/C=C/c1ccc(O)cc1)C(=O)O. The van der Waals surface area contributed by atoms with Gasteiger partial charge in [0.2, 0.25) is 5.91 Å². The van der Waals surface area contributed by atoms with Gasteiger partial charge < -0.3 is 15.5 Å². The van der Waals surface area contributed by atoms with Gasteiger partial charge in [0.1, 0.15) is 11.8 Å². The van der Waals surface area contributed by atoms with Crippen molar-refractivity contribution in [3.05, 3.63) is 35.9 Å². The van der Waals surface area contributed by atoms with E-state index < -0.39 is 17.9 Å². The van der Waals surface area contributed by atoms with E-state index in [4.69, 9.17) is 10.2 Å². The van der Waals surface area contributed by atoms with E-state index in [1.807, 2.05) is 13.8 Å². The summed E-state index contributed by atoms with van der Waals surface area (Å²) < 4.78 is 0. The molecular weight excluding hydrogens is 258 g/mol. The number of carbonyl (C=O) groups is 2. The molecule has 20 heavy (non-hydrogen) atoms. The standard InChI is InChI=1S/C15H19NO4/c1-10(2)9-13(15(19)20)16-14(18)8-5-11-3-6-12(17)7-4-11/h3-8,10,13,17H,9H2,1-2H3,(H,16,18)(H,19,20)/b8-5+/t13-/m1/s1. The summed E-state index contributed by atoms with van der Waals surface area (Å²) in [5.41, 5.74) is 0.744. The van der Waals surface area contributed by atoms with Gasteiger partial charge in [-0.15, -0.1) is 0 Å². The molecule has 1 aromatic rings. The monoisotopic (exact) mass is 277 g/mol. The number of rotatable bonds is 6. The molecule has 0 aliphatic heterocycles. The number of amides is 1. The van der Waals surface area contributed by atoms with Crippen LogP contribution >= 0.6 is 0 Å². The highest BCUT2D eigenvalue weighted by Crippen LogP contribution is 2.10. The number of nitrogens with one attached hydrogen (secondary N) is 1. The predicted octanol–water partition coefficient (Wildman–Crippen LogP) is 2.02. The van der Waals surface area contributed by atoms with E-state index >= 15 is 0 Å². The molecule has 5 nitrogen and oxygen atoms in total. The summed E-state index contributed by atoms with van der Waals surface area (Å²) in [5, 5.41) is 20.6. The molecule has 0 heterocycles. The van der Waals surface area contributed by atoms with Crippen molar-refractivity contribution in [2.45, 2.75) is 26.3 Å². The lowest BCUT2D eigenvalue weighted by Gasteiger charge is -2.15. The van der Waals surface area contributed by atoms with Gasteiger partial charge >= 0.3 is 5.97 Å². The maximum absolute atomic E-state index is 11.7. The van der Waals surface area contributed by atoms with Gasteiger partial charge in [0.25, 0.3) is 0 Å². The van der Waals surface area contributed by atoms with Crippen LogP contribution in [0.4, 0.5) is 0 Å². The summed E-state index contributed by atoms with van der Waals surface area (Å²) in [6.45, 7) is 3.79. The summed E-state index contributed by atoms with van der Waals surface area (Å²) in [7, 11) is 0. The zero-order valence-electron chi connectivity index (χ0n) is 11.5. The highest BCUT2D eigenvalue weighted by Gasteiger charge is 2.19. The van der Waals surface area contributed by atoms with Gasteiger partial charge in [0, 0.05) is 6.08 Å². The number of phenols is 1. The summed E-state index contributed by atoms with van der Waals surface area (Å²) in [6.07, 6.45) is 3.22. The Morgan fingerprint density at radius 1 is 1.25 bits per heavy atom. The quantitative estimate of drug-likeness (QED) is 0.694. The molecule has 1 aromatic carbocycles. The first kappa shape index (κ1) is 15.8. The molecule has 5 heteroatoms. The second kappa shape index (κ2) is 7.33. The van der Waals surface area contributed by atoms with Crippen LogP contribution in [-0.2, 0) is 9.59 Å². The molecule has 0 bridgehead atoms. The van der Waals surface area contributed by atoms with Crippen LogP contribution in [0.5, 0.6) is 5.75 Å². The fourth-order valence-electron chi connectivity index (χ4n) is 1.67. The van der Waals surface area contributed by atoms with E-state index in [9.17, 15) is 9.59 Å². The van der Waals surface area contributed by atoms with E-state index in [-0.39, 0.29) is 11.7 Å². The Morgan fingerprint density at radius 2 is 1.85 bits per heavy atom. The highest BCUT2D eigenvalue weighted by atomic mass is 16.4. The molecule has 0 radical (unpaired) electrons. The third-order valence-electron chi connectivity index (χ3n) is 2.64. The van der Waals surface area contributed by atoms with Crippen molar-refractivity contribution in [3.63, 3.8) is 0 Å². The number of phenolic OH excluding ortho intramolecular Hbond substituents is 1. The minimum absolute atomic E-state index is 0.148. The lowest BCUT2D eigenvalue weighted by Crippen LogP contribution is -2.40. The summed E-state index contributed by atoms with van der Waals surface area (Å²) >= 11 is 0. The highest BCUT2D eigenvalue weighted by molar-refractivity contribution is 5.94. The molecule has 0 aromatic heterocycles. The third kappa shape index (κ3) is 5.56. The number of aliphatic carboxylic acids is 1. The van der Waals surface area contributed by atoms with Gasteiger partial charge in [-0.25, -0.2) is 4.79 Å². The Morgan fingerprint density at radius 3 is 2.35 bits per heavy atom. The van der Waals surface area contributed by atoms with Crippen LogP contribution in [0, 0.1) is 5.92 Å². The number of carboxylic acid groups (broad SMARTS) is 1. The van der Waals surface area contributed by atoms with E-state index in [1.165, 1.54) is 18.2 Å². The van der Waals surface area contributed by atoms with Gasteiger partial charge in [0.15, 0.2) is 0 Å². The number of benzene rings is 1. The Hall–Kier alpha value is -2.30. The van der Waals surface area contributed by atoms with Crippen LogP contribution in [0.3, 0.4) is 0 Å². The molecule has 1 rings (SSSR count). The molecule has 108 valence electrons. The first-order valence-corrected chi connectivity index (χ1v) is 6.39. The number of hydrogen-bond donors (Lipinski definition) is 3. The Kier molecular flexibility index (Phi) is 5.77. The van der Waals surface area contributed by atoms with Crippen LogP contribution in [0.2, 0.25) is 0 Å². The van der Waals surface area contributed by atoms with Gasteiger partial charge in [0.05, 0.1) is 0 Å². The van der Waals surface area contributed by atoms with Crippen molar-refractivity contribution in [2.24, 2.45) is 5.92 Å². The van der Waals surface area contributed by atoms with Crippen LogP contribution in [0.1, 0.15) is 25.8 Å². The normalized spacial score (nSPS) is 12.6. The van der Waals surface area contributed by atoms with Crippen LogP contribution in [0.25, 0.3) is 6.08 Å². The third-order valence-corrected chi connectivity index (χ3v) is 2.64. The van der Waals surface area contributed by atoms with Crippen LogP contribution < -0.4 is 5.32 Å². The number of carbonyl (C=O) groups excluding carboxylic acids is 1. The van der Waals surface area contributed by atoms with Crippen molar-refractivity contribution in [1.29, 1.82) is 0 Å². The van der Waals surface area contributed by atoms with E-state index in [0.717, 1.165) is 5.56 Å². The lowest BCUT2D eigenvalue weighted by atomic mass is 10.0. The van der Waals surface area contributed by atoms with Crippen molar-refractivity contribution >= 4 is 18.0 Å². The van der Waals surface area contributed by atoms with Gasteiger partial charge in [-0.2, -0.15) is 0 Å². The molecule has 1 amide bonds. The number of hydrogen-bond acceptors (Lipinski definition) is 3. The van der Waals surface area contributed by atoms with Crippen LogP contribution in [0.15, 0.2) is 30.3 Å². The largest absolute Gasteiger partial charge is 0.508 e. The van der Waals surface area contributed by atoms with E-state index in [0.29, 0.717) is 6.42 Å². The molecule has 3 N–H and O–H groups in total. The molecule has 0 aliphatic carbocycles. The Balaban J connectivity index is 2.61. The molecule has 0 saturated heterocycles. The average molecular weight is 277 g/mol. The molecular formula is C15H19NO4. The molecule has 0 spiro atoms. The molecule has 0 saturated carbocycles. The zero-order chi connectivity index (χ0) is 15.1. The minimum atomic E-state index is -1.04. The smallest absolute Gasteiger partial charge is 0.326 e. The van der Waals surface area contributed by atoms with Crippen molar-refractivity contribution in [1.82, 2.24) is 5.32 Å². The molecule has 0 unspecified atom stereocenters. The Bertz CT molecular complexity index is 491. The van der Waals surface area contributed by atoms with E-state index in [1.54, 1.807) is 18.2 Å². The number of aromatic hydroxyl groups is 1. The predicted molar refractivity (Wildman–Crippen MR) is 76.2 cm³/mol. The maximum Gasteiger partial charge on any atom is 0.326 e. The minimum Gasteiger partial charge on any atom is -0.508 e. The van der Waals surface area contributed by atoms with Gasteiger partial charge in [-0.05, 0) is 36.1 Å². The first-order valence-electron chi connectivity index (χ1n) is 6.39. The van der Waals surface area contributed by atoms with Gasteiger partial charge in [-0.1, -0.05) is 26.0 Å². The molecule has 0 aliphatic rings. The topological polar surface area (TPSA) is 86.6 Å².